The molecule has 1 aromatic rings. The molecule has 0 saturated heterocycles. The molecule has 1 aliphatic carbocycles. The van der Waals surface area contributed by atoms with Crippen molar-refractivity contribution in [2.45, 2.75) is 51.7 Å². The highest BCUT2D eigenvalue weighted by Gasteiger charge is 2.18. The summed E-state index contributed by atoms with van der Waals surface area (Å²) >= 11 is 0. The highest BCUT2D eigenvalue weighted by atomic mass is 16.4. The Kier molecular flexibility index (Phi) is 4.57. The van der Waals surface area contributed by atoms with Crippen molar-refractivity contribution < 1.29 is 9.52 Å². The molecule has 2 rings (SSSR count). The Bertz CT molecular complexity index is 332. The molecule has 0 aliphatic heterocycles. The lowest BCUT2D eigenvalue weighted by atomic mass is 10.0. The van der Waals surface area contributed by atoms with Crippen LogP contribution in [-0.4, -0.2) is 22.7 Å². The first kappa shape index (κ1) is 12.6. The Morgan fingerprint density at radius 3 is 2.94 bits per heavy atom. The third kappa shape index (κ3) is 4.13. The first-order valence-electron chi connectivity index (χ1n) is 6.54. The van der Waals surface area contributed by atoms with Crippen molar-refractivity contribution in [3.8, 4) is 0 Å². The fraction of sp³-hybridized carbons (Fsp3) is 0.769. The Morgan fingerprint density at radius 1 is 1.53 bits per heavy atom. The van der Waals surface area contributed by atoms with Gasteiger partial charge in [0.1, 0.15) is 5.76 Å². The summed E-state index contributed by atoms with van der Waals surface area (Å²) in [6.07, 6.45) is 7.64. The molecule has 1 aliphatic rings. The van der Waals surface area contributed by atoms with Crippen LogP contribution in [0.2, 0.25) is 0 Å². The normalized spacial score (nSPS) is 18.7. The molecule has 1 unspecified atom stereocenters. The van der Waals surface area contributed by atoms with Gasteiger partial charge in [-0.2, -0.15) is 0 Å². The number of aliphatic hydroxyl groups excluding tert-OH is 1. The van der Waals surface area contributed by atoms with Gasteiger partial charge in [-0.15, -0.1) is 0 Å². The Hall–Kier alpha value is -0.870. The van der Waals surface area contributed by atoms with Gasteiger partial charge >= 0.3 is 0 Å². The zero-order valence-corrected chi connectivity index (χ0v) is 10.5. The van der Waals surface area contributed by atoms with E-state index in [-0.39, 0.29) is 6.10 Å². The third-order valence-electron chi connectivity index (χ3n) is 3.41. The van der Waals surface area contributed by atoms with Gasteiger partial charge in [-0.05, 0) is 19.3 Å². The molecule has 0 spiro atoms. The van der Waals surface area contributed by atoms with Crippen molar-refractivity contribution >= 4 is 0 Å². The van der Waals surface area contributed by atoms with Gasteiger partial charge in [0.25, 0.3) is 0 Å². The van der Waals surface area contributed by atoms with Crippen LogP contribution in [-0.2, 0) is 6.54 Å². The maximum Gasteiger partial charge on any atom is 0.208 e. The standard InChI is InChI=1S/C13H22N2O2/c1-10-7-15-13(17-10)9-14-8-12(16)6-11-4-2-3-5-11/h7,11-12,14,16H,2-6,8-9H2,1H3. The zero-order valence-electron chi connectivity index (χ0n) is 10.5. The minimum absolute atomic E-state index is 0.242. The van der Waals surface area contributed by atoms with Gasteiger partial charge in [-0.1, -0.05) is 25.7 Å². The summed E-state index contributed by atoms with van der Waals surface area (Å²) in [4.78, 5) is 4.11. The molecule has 1 aromatic heterocycles. The lowest BCUT2D eigenvalue weighted by Gasteiger charge is -2.15. The Morgan fingerprint density at radius 2 is 2.29 bits per heavy atom. The topological polar surface area (TPSA) is 58.3 Å². The fourth-order valence-corrected chi connectivity index (χ4v) is 2.54. The predicted molar refractivity (Wildman–Crippen MR) is 65.5 cm³/mol. The molecule has 17 heavy (non-hydrogen) atoms. The average Bonchev–Trinajstić information content (AvgIpc) is 2.90. The van der Waals surface area contributed by atoms with Crippen LogP contribution in [0.25, 0.3) is 0 Å². The smallest absolute Gasteiger partial charge is 0.208 e. The fourth-order valence-electron chi connectivity index (χ4n) is 2.54. The number of hydrogen-bond acceptors (Lipinski definition) is 4. The van der Waals surface area contributed by atoms with Crippen molar-refractivity contribution in [2.75, 3.05) is 6.54 Å². The van der Waals surface area contributed by atoms with E-state index in [1.54, 1.807) is 6.20 Å². The molecular weight excluding hydrogens is 216 g/mol. The van der Waals surface area contributed by atoms with Gasteiger partial charge in [-0.3, -0.25) is 0 Å². The summed E-state index contributed by atoms with van der Waals surface area (Å²) < 4.78 is 5.34. The number of oxazole rings is 1. The molecule has 0 bridgehead atoms. The molecule has 1 fully saturated rings. The van der Waals surface area contributed by atoms with Crippen LogP contribution in [0.4, 0.5) is 0 Å². The van der Waals surface area contributed by atoms with E-state index in [9.17, 15) is 5.11 Å². The van der Waals surface area contributed by atoms with Crippen LogP contribution < -0.4 is 5.32 Å². The van der Waals surface area contributed by atoms with Crippen LogP contribution in [0.15, 0.2) is 10.6 Å². The molecule has 1 saturated carbocycles. The van der Waals surface area contributed by atoms with Gasteiger partial charge in [0, 0.05) is 6.54 Å². The van der Waals surface area contributed by atoms with Gasteiger partial charge < -0.3 is 14.8 Å². The molecule has 0 amide bonds. The quantitative estimate of drug-likeness (QED) is 0.796. The van der Waals surface area contributed by atoms with Crippen molar-refractivity contribution in [1.82, 2.24) is 10.3 Å². The van der Waals surface area contributed by atoms with Crippen molar-refractivity contribution in [3.63, 3.8) is 0 Å². The van der Waals surface area contributed by atoms with Crippen LogP contribution in [0, 0.1) is 12.8 Å². The second kappa shape index (κ2) is 6.17. The first-order chi connectivity index (χ1) is 8.24. The van der Waals surface area contributed by atoms with E-state index < -0.39 is 0 Å². The highest BCUT2D eigenvalue weighted by molar-refractivity contribution is 4.90. The molecule has 96 valence electrons. The molecule has 1 atom stereocenters. The number of aromatic nitrogens is 1. The second-order valence-electron chi connectivity index (χ2n) is 5.04. The van der Waals surface area contributed by atoms with Crippen molar-refractivity contribution in [2.24, 2.45) is 5.92 Å². The highest BCUT2D eigenvalue weighted by Crippen LogP contribution is 2.28. The lowest BCUT2D eigenvalue weighted by molar-refractivity contribution is 0.139. The van der Waals surface area contributed by atoms with Gasteiger partial charge in [0.05, 0.1) is 18.8 Å². The van der Waals surface area contributed by atoms with Gasteiger partial charge in [0.2, 0.25) is 5.89 Å². The van der Waals surface area contributed by atoms with Crippen molar-refractivity contribution in [1.29, 1.82) is 0 Å². The summed E-state index contributed by atoms with van der Waals surface area (Å²) in [5.41, 5.74) is 0. The van der Waals surface area contributed by atoms with Crippen LogP contribution in [0.1, 0.15) is 43.8 Å². The van der Waals surface area contributed by atoms with Crippen LogP contribution in [0.5, 0.6) is 0 Å². The molecule has 1 heterocycles. The van der Waals surface area contributed by atoms with E-state index >= 15 is 0 Å². The predicted octanol–water partition coefficient (Wildman–Crippen LogP) is 2.01. The summed E-state index contributed by atoms with van der Waals surface area (Å²) in [5, 5.41) is 13.1. The minimum Gasteiger partial charge on any atom is -0.445 e. The summed E-state index contributed by atoms with van der Waals surface area (Å²) in [6, 6.07) is 0. The SMILES string of the molecule is Cc1cnc(CNCC(O)CC2CCCC2)o1. The largest absolute Gasteiger partial charge is 0.445 e. The molecule has 0 radical (unpaired) electrons. The summed E-state index contributed by atoms with van der Waals surface area (Å²) in [6.45, 7) is 3.10. The lowest BCUT2D eigenvalue weighted by Crippen LogP contribution is -2.28. The van der Waals surface area contributed by atoms with Gasteiger partial charge in [0.15, 0.2) is 0 Å². The maximum atomic E-state index is 9.88. The molecule has 0 aromatic carbocycles. The number of rotatable bonds is 6. The molecular formula is C13H22N2O2. The number of nitrogens with zero attached hydrogens (tertiary/aromatic N) is 1. The zero-order chi connectivity index (χ0) is 12.1. The second-order valence-corrected chi connectivity index (χ2v) is 5.04. The van der Waals surface area contributed by atoms with E-state index in [1.165, 1.54) is 25.7 Å². The molecule has 4 nitrogen and oxygen atoms in total. The summed E-state index contributed by atoms with van der Waals surface area (Å²) in [7, 11) is 0. The van der Waals surface area contributed by atoms with Crippen LogP contribution in [0.3, 0.4) is 0 Å². The Labute approximate surface area is 102 Å². The van der Waals surface area contributed by atoms with Crippen molar-refractivity contribution in [3.05, 3.63) is 17.8 Å². The monoisotopic (exact) mass is 238 g/mol. The average molecular weight is 238 g/mol. The van der Waals surface area contributed by atoms with E-state index in [0.717, 1.165) is 18.1 Å². The first-order valence-corrected chi connectivity index (χ1v) is 6.54. The van der Waals surface area contributed by atoms with E-state index in [0.29, 0.717) is 19.0 Å². The number of hydrogen-bond donors (Lipinski definition) is 2. The van der Waals surface area contributed by atoms with E-state index in [4.69, 9.17) is 4.42 Å². The molecule has 4 heteroatoms. The number of nitrogens with one attached hydrogen (secondary N) is 1. The number of aliphatic hydroxyl groups is 1. The van der Waals surface area contributed by atoms with E-state index in [2.05, 4.69) is 10.3 Å². The Balaban J connectivity index is 1.60. The number of aryl methyl sites for hydroxylation is 1. The minimum atomic E-state index is -0.242. The van der Waals surface area contributed by atoms with Gasteiger partial charge in [-0.25, -0.2) is 4.98 Å². The molecule has 2 N–H and O–H groups in total. The summed E-state index contributed by atoms with van der Waals surface area (Å²) in [5.74, 6) is 2.25. The third-order valence-corrected chi connectivity index (χ3v) is 3.41. The van der Waals surface area contributed by atoms with Crippen LogP contribution >= 0.6 is 0 Å². The van der Waals surface area contributed by atoms with E-state index in [1.807, 2.05) is 6.92 Å². The maximum absolute atomic E-state index is 9.88.